The molecule has 0 aliphatic carbocycles. The van der Waals surface area contributed by atoms with E-state index in [9.17, 15) is 0 Å². The molecule has 0 atom stereocenters. The lowest BCUT2D eigenvalue weighted by Crippen LogP contribution is -2.12. The van der Waals surface area contributed by atoms with Crippen LogP contribution >= 0.6 is 0 Å². The van der Waals surface area contributed by atoms with Crippen LogP contribution in [0.1, 0.15) is 0 Å². The van der Waals surface area contributed by atoms with E-state index in [2.05, 4.69) is 50.6 Å². The maximum absolute atomic E-state index is 4.21. The number of hydrogen-bond donors (Lipinski definition) is 3. The second-order valence-electron chi connectivity index (χ2n) is 3.31. The van der Waals surface area contributed by atoms with Crippen LogP contribution in [0.4, 0.5) is 17.8 Å². The second kappa shape index (κ2) is 7.83. The molecule has 0 amide bonds. The van der Waals surface area contributed by atoms with Gasteiger partial charge >= 0.3 is 0 Å². The molecule has 6 heteroatoms. The summed E-state index contributed by atoms with van der Waals surface area (Å²) >= 11 is 0. The third-order valence-corrected chi connectivity index (χ3v) is 1.85. The van der Waals surface area contributed by atoms with E-state index < -0.39 is 0 Å². The zero-order valence-corrected chi connectivity index (χ0v) is 10.3. The van der Waals surface area contributed by atoms with Gasteiger partial charge in [-0.1, -0.05) is 18.2 Å². The van der Waals surface area contributed by atoms with Gasteiger partial charge in [0.2, 0.25) is 17.8 Å². The molecular formula is C12H18N6. The summed E-state index contributed by atoms with van der Waals surface area (Å²) in [5.41, 5.74) is 0. The summed E-state index contributed by atoms with van der Waals surface area (Å²) in [4.78, 5) is 12.6. The van der Waals surface area contributed by atoms with E-state index >= 15 is 0 Å². The standard InChI is InChI=1S/C12H18N6/c1-4-7-13-10-16-11(14-8-5-2)18-12(17-10)15-9-6-3/h4-6H,1-3,7-9H2,(H3,13,14,15,16,17,18). The Hall–Kier alpha value is -2.37. The number of nitrogens with one attached hydrogen (secondary N) is 3. The van der Waals surface area contributed by atoms with E-state index in [0.717, 1.165) is 0 Å². The lowest BCUT2D eigenvalue weighted by Gasteiger charge is -2.08. The maximum Gasteiger partial charge on any atom is 0.229 e. The molecule has 0 bridgehead atoms. The largest absolute Gasteiger partial charge is 0.351 e. The molecule has 0 spiro atoms. The Morgan fingerprint density at radius 3 is 1.17 bits per heavy atom. The van der Waals surface area contributed by atoms with Crippen LogP contribution in [0.3, 0.4) is 0 Å². The lowest BCUT2D eigenvalue weighted by atomic mass is 10.6. The van der Waals surface area contributed by atoms with Crippen LogP contribution in [0.5, 0.6) is 0 Å². The average molecular weight is 246 g/mol. The summed E-state index contributed by atoms with van der Waals surface area (Å²) in [5, 5.41) is 9.05. The number of rotatable bonds is 9. The first-order chi connectivity index (χ1) is 8.80. The van der Waals surface area contributed by atoms with Crippen LogP contribution in [-0.4, -0.2) is 34.6 Å². The Morgan fingerprint density at radius 1 is 0.667 bits per heavy atom. The van der Waals surface area contributed by atoms with Gasteiger partial charge in [0.15, 0.2) is 0 Å². The van der Waals surface area contributed by atoms with E-state index in [1.165, 1.54) is 0 Å². The first-order valence-electron chi connectivity index (χ1n) is 5.60. The molecule has 96 valence electrons. The molecule has 6 nitrogen and oxygen atoms in total. The summed E-state index contributed by atoms with van der Waals surface area (Å²) < 4.78 is 0. The van der Waals surface area contributed by atoms with Crippen molar-refractivity contribution in [3.05, 3.63) is 38.0 Å². The first-order valence-corrected chi connectivity index (χ1v) is 5.60. The van der Waals surface area contributed by atoms with Gasteiger partial charge in [0, 0.05) is 19.6 Å². The fraction of sp³-hybridized carbons (Fsp3) is 0.250. The number of hydrogen-bond acceptors (Lipinski definition) is 6. The topological polar surface area (TPSA) is 74.8 Å². The lowest BCUT2D eigenvalue weighted by molar-refractivity contribution is 1.01. The quantitative estimate of drug-likeness (QED) is 0.575. The Kier molecular flexibility index (Phi) is 5.96. The van der Waals surface area contributed by atoms with Crippen molar-refractivity contribution in [1.82, 2.24) is 15.0 Å². The number of aromatic nitrogens is 3. The van der Waals surface area contributed by atoms with Crippen LogP contribution < -0.4 is 16.0 Å². The molecule has 0 saturated carbocycles. The average Bonchev–Trinajstić information content (AvgIpc) is 2.40. The molecule has 0 unspecified atom stereocenters. The molecular weight excluding hydrogens is 228 g/mol. The molecule has 0 aliphatic rings. The van der Waals surface area contributed by atoms with Crippen molar-refractivity contribution in [2.45, 2.75) is 0 Å². The third kappa shape index (κ3) is 4.65. The van der Waals surface area contributed by atoms with Crippen molar-refractivity contribution in [3.63, 3.8) is 0 Å². The van der Waals surface area contributed by atoms with Gasteiger partial charge in [-0.05, 0) is 0 Å². The van der Waals surface area contributed by atoms with Crippen molar-refractivity contribution in [3.8, 4) is 0 Å². The Labute approximate surface area is 107 Å². The fourth-order valence-corrected chi connectivity index (χ4v) is 1.10. The predicted octanol–water partition coefficient (Wildman–Crippen LogP) is 1.67. The molecule has 1 aromatic heterocycles. The van der Waals surface area contributed by atoms with Crippen molar-refractivity contribution in [2.75, 3.05) is 35.6 Å². The molecule has 0 radical (unpaired) electrons. The maximum atomic E-state index is 4.21. The molecule has 1 heterocycles. The minimum atomic E-state index is 0.489. The summed E-state index contributed by atoms with van der Waals surface area (Å²) in [7, 11) is 0. The van der Waals surface area contributed by atoms with Crippen molar-refractivity contribution < 1.29 is 0 Å². The van der Waals surface area contributed by atoms with Crippen LogP contribution in [0.2, 0.25) is 0 Å². The van der Waals surface area contributed by atoms with Crippen LogP contribution in [-0.2, 0) is 0 Å². The van der Waals surface area contributed by atoms with Crippen molar-refractivity contribution in [2.24, 2.45) is 0 Å². The first kappa shape index (κ1) is 13.7. The van der Waals surface area contributed by atoms with Gasteiger partial charge in [0.05, 0.1) is 0 Å². The smallest absolute Gasteiger partial charge is 0.229 e. The van der Waals surface area contributed by atoms with Crippen molar-refractivity contribution >= 4 is 17.8 Å². The zero-order chi connectivity index (χ0) is 13.2. The summed E-state index contributed by atoms with van der Waals surface area (Å²) in [6, 6.07) is 0. The van der Waals surface area contributed by atoms with Gasteiger partial charge in [-0.15, -0.1) is 19.7 Å². The predicted molar refractivity (Wildman–Crippen MR) is 75.9 cm³/mol. The highest BCUT2D eigenvalue weighted by atomic mass is 15.3. The van der Waals surface area contributed by atoms with Gasteiger partial charge in [-0.2, -0.15) is 15.0 Å². The Bertz CT molecular complexity index is 341. The minimum absolute atomic E-state index is 0.489. The highest BCUT2D eigenvalue weighted by molar-refractivity contribution is 5.42. The molecule has 0 saturated heterocycles. The van der Waals surface area contributed by atoms with Crippen LogP contribution in [0.25, 0.3) is 0 Å². The number of nitrogens with zero attached hydrogens (tertiary/aromatic N) is 3. The van der Waals surface area contributed by atoms with E-state index in [-0.39, 0.29) is 0 Å². The molecule has 18 heavy (non-hydrogen) atoms. The Balaban J connectivity index is 2.83. The fourth-order valence-electron chi connectivity index (χ4n) is 1.10. The van der Waals surface area contributed by atoms with E-state index in [0.29, 0.717) is 37.5 Å². The van der Waals surface area contributed by atoms with Crippen molar-refractivity contribution in [1.29, 1.82) is 0 Å². The molecule has 3 N–H and O–H groups in total. The van der Waals surface area contributed by atoms with Gasteiger partial charge in [0.1, 0.15) is 0 Å². The molecule has 1 aromatic rings. The summed E-state index contributed by atoms with van der Waals surface area (Å²) in [5.74, 6) is 1.47. The van der Waals surface area contributed by atoms with Crippen LogP contribution in [0, 0.1) is 0 Å². The SMILES string of the molecule is C=CCNc1nc(NCC=C)nc(NCC=C)n1. The van der Waals surface area contributed by atoms with E-state index in [1.807, 2.05) is 0 Å². The third-order valence-electron chi connectivity index (χ3n) is 1.85. The zero-order valence-electron chi connectivity index (χ0n) is 10.3. The van der Waals surface area contributed by atoms with Gasteiger partial charge < -0.3 is 16.0 Å². The minimum Gasteiger partial charge on any atom is -0.351 e. The molecule has 0 fully saturated rings. The highest BCUT2D eigenvalue weighted by Crippen LogP contribution is 2.08. The second-order valence-corrected chi connectivity index (χ2v) is 3.31. The number of anilines is 3. The van der Waals surface area contributed by atoms with Gasteiger partial charge in [0.25, 0.3) is 0 Å². The van der Waals surface area contributed by atoms with Gasteiger partial charge in [-0.25, -0.2) is 0 Å². The Morgan fingerprint density at radius 2 is 0.944 bits per heavy atom. The van der Waals surface area contributed by atoms with Crippen LogP contribution in [0.15, 0.2) is 38.0 Å². The summed E-state index contributed by atoms with van der Waals surface area (Å²) in [6.45, 7) is 12.7. The van der Waals surface area contributed by atoms with E-state index in [4.69, 9.17) is 0 Å². The monoisotopic (exact) mass is 246 g/mol. The molecule has 1 rings (SSSR count). The molecule has 0 aliphatic heterocycles. The van der Waals surface area contributed by atoms with E-state index in [1.54, 1.807) is 18.2 Å². The highest BCUT2D eigenvalue weighted by Gasteiger charge is 2.04. The van der Waals surface area contributed by atoms with Gasteiger partial charge in [-0.3, -0.25) is 0 Å². The normalized spacial score (nSPS) is 9.33. The molecule has 0 aromatic carbocycles. The summed E-state index contributed by atoms with van der Waals surface area (Å²) in [6.07, 6.45) is 5.20.